The van der Waals surface area contributed by atoms with Gasteiger partial charge in [0.1, 0.15) is 5.69 Å². The average molecular weight is 357 g/mol. The standard InChI is InChI=1S/C23H23N3O/c1-15(2)26(4)23-22(24-19-12-8-9-16(3)21(19)25-23)20-13-18(14-27-20)17-10-6-5-7-11-17/h5-15H,1-4H3. The van der Waals surface area contributed by atoms with E-state index in [1.54, 1.807) is 6.26 Å². The number of rotatable bonds is 4. The summed E-state index contributed by atoms with van der Waals surface area (Å²) in [5.74, 6) is 1.56. The fourth-order valence-electron chi connectivity index (χ4n) is 3.11. The van der Waals surface area contributed by atoms with E-state index in [4.69, 9.17) is 14.4 Å². The van der Waals surface area contributed by atoms with Crippen LogP contribution in [0.15, 0.2) is 65.3 Å². The third-order valence-electron chi connectivity index (χ3n) is 4.93. The van der Waals surface area contributed by atoms with Crippen LogP contribution in [-0.4, -0.2) is 23.1 Å². The number of aromatic nitrogens is 2. The van der Waals surface area contributed by atoms with Gasteiger partial charge in [0, 0.05) is 18.7 Å². The Morgan fingerprint density at radius 2 is 1.70 bits per heavy atom. The number of hydrogen-bond acceptors (Lipinski definition) is 4. The summed E-state index contributed by atoms with van der Waals surface area (Å²) in [5.41, 5.74) is 5.86. The number of hydrogen-bond donors (Lipinski definition) is 0. The number of aryl methyl sites for hydroxylation is 1. The van der Waals surface area contributed by atoms with Crippen LogP contribution in [0.1, 0.15) is 19.4 Å². The molecule has 4 rings (SSSR count). The highest BCUT2D eigenvalue weighted by molar-refractivity contribution is 5.85. The van der Waals surface area contributed by atoms with Gasteiger partial charge in [-0.25, -0.2) is 9.97 Å². The molecule has 0 spiro atoms. The van der Waals surface area contributed by atoms with E-state index in [1.165, 1.54) is 0 Å². The van der Waals surface area contributed by atoms with Crippen molar-refractivity contribution in [3.8, 4) is 22.6 Å². The second kappa shape index (κ2) is 6.88. The van der Waals surface area contributed by atoms with Crippen molar-refractivity contribution in [1.82, 2.24) is 9.97 Å². The zero-order chi connectivity index (χ0) is 19.0. The quantitative estimate of drug-likeness (QED) is 0.469. The molecule has 136 valence electrons. The molecule has 0 N–H and O–H groups in total. The minimum atomic E-state index is 0.295. The Morgan fingerprint density at radius 1 is 0.926 bits per heavy atom. The molecule has 0 aliphatic heterocycles. The van der Waals surface area contributed by atoms with Crippen LogP contribution in [0.3, 0.4) is 0 Å². The Kier molecular flexibility index (Phi) is 4.40. The summed E-state index contributed by atoms with van der Waals surface area (Å²) in [6, 6.07) is 18.6. The Bertz CT molecular complexity index is 1080. The highest BCUT2D eigenvalue weighted by atomic mass is 16.3. The summed E-state index contributed by atoms with van der Waals surface area (Å²) in [4.78, 5) is 12.0. The first-order chi connectivity index (χ1) is 13.0. The lowest BCUT2D eigenvalue weighted by atomic mass is 10.1. The average Bonchev–Trinajstić information content (AvgIpc) is 3.17. The zero-order valence-corrected chi connectivity index (χ0v) is 16.1. The normalized spacial score (nSPS) is 11.3. The molecule has 0 unspecified atom stereocenters. The molecule has 4 nitrogen and oxygen atoms in total. The molecule has 2 aromatic carbocycles. The van der Waals surface area contributed by atoms with Crippen molar-refractivity contribution in [2.75, 3.05) is 11.9 Å². The number of anilines is 1. The van der Waals surface area contributed by atoms with Crippen molar-refractivity contribution in [3.05, 3.63) is 66.4 Å². The monoisotopic (exact) mass is 357 g/mol. The van der Waals surface area contributed by atoms with Gasteiger partial charge in [-0.3, -0.25) is 0 Å². The van der Waals surface area contributed by atoms with Gasteiger partial charge in [0.25, 0.3) is 0 Å². The molecule has 0 aliphatic rings. The molecule has 0 fully saturated rings. The number of nitrogens with zero attached hydrogens (tertiary/aromatic N) is 3. The van der Waals surface area contributed by atoms with Crippen molar-refractivity contribution in [1.29, 1.82) is 0 Å². The molecular formula is C23H23N3O. The molecule has 4 heteroatoms. The highest BCUT2D eigenvalue weighted by Gasteiger charge is 2.20. The fourth-order valence-corrected chi connectivity index (χ4v) is 3.11. The fraction of sp³-hybridized carbons (Fsp3) is 0.217. The highest BCUT2D eigenvalue weighted by Crippen LogP contribution is 2.34. The Balaban J connectivity index is 1.90. The van der Waals surface area contributed by atoms with Crippen molar-refractivity contribution in [2.45, 2.75) is 26.8 Å². The molecule has 0 bridgehead atoms. The lowest BCUT2D eigenvalue weighted by molar-refractivity contribution is 0.580. The van der Waals surface area contributed by atoms with Crippen molar-refractivity contribution < 1.29 is 4.42 Å². The van der Waals surface area contributed by atoms with E-state index < -0.39 is 0 Å². The summed E-state index contributed by atoms with van der Waals surface area (Å²) in [5, 5.41) is 0. The van der Waals surface area contributed by atoms with Gasteiger partial charge in [-0.15, -0.1) is 0 Å². The van der Waals surface area contributed by atoms with Crippen molar-refractivity contribution in [2.24, 2.45) is 0 Å². The third-order valence-corrected chi connectivity index (χ3v) is 4.93. The lowest BCUT2D eigenvalue weighted by Crippen LogP contribution is -2.27. The second-order valence-electron chi connectivity index (χ2n) is 7.11. The van der Waals surface area contributed by atoms with Crippen LogP contribution in [0.2, 0.25) is 0 Å². The van der Waals surface area contributed by atoms with Gasteiger partial charge in [-0.05, 0) is 44.0 Å². The summed E-state index contributed by atoms with van der Waals surface area (Å²) in [6.45, 7) is 6.35. The van der Waals surface area contributed by atoms with Gasteiger partial charge in [0.2, 0.25) is 0 Å². The van der Waals surface area contributed by atoms with Gasteiger partial charge in [-0.1, -0.05) is 42.5 Å². The molecule has 0 saturated carbocycles. The lowest BCUT2D eigenvalue weighted by Gasteiger charge is -2.24. The number of fused-ring (bicyclic) bond motifs is 1. The molecule has 0 aliphatic carbocycles. The minimum Gasteiger partial charge on any atom is -0.462 e. The zero-order valence-electron chi connectivity index (χ0n) is 16.1. The van der Waals surface area contributed by atoms with Crippen LogP contribution in [0.25, 0.3) is 33.6 Å². The topological polar surface area (TPSA) is 42.2 Å². The first kappa shape index (κ1) is 17.3. The van der Waals surface area contributed by atoms with E-state index in [-0.39, 0.29) is 0 Å². The van der Waals surface area contributed by atoms with Crippen LogP contribution < -0.4 is 4.90 Å². The maximum atomic E-state index is 5.93. The van der Waals surface area contributed by atoms with Crippen LogP contribution in [0.4, 0.5) is 5.82 Å². The van der Waals surface area contributed by atoms with Gasteiger partial charge in [0.15, 0.2) is 11.6 Å². The molecule has 27 heavy (non-hydrogen) atoms. The molecular weight excluding hydrogens is 334 g/mol. The molecule has 0 saturated heterocycles. The molecule has 0 radical (unpaired) electrons. The molecule has 0 atom stereocenters. The van der Waals surface area contributed by atoms with Gasteiger partial charge in [-0.2, -0.15) is 0 Å². The first-order valence-corrected chi connectivity index (χ1v) is 9.19. The number of para-hydroxylation sites is 1. The van der Waals surface area contributed by atoms with Crippen LogP contribution in [-0.2, 0) is 0 Å². The van der Waals surface area contributed by atoms with E-state index in [9.17, 15) is 0 Å². The maximum absolute atomic E-state index is 5.93. The minimum absolute atomic E-state index is 0.295. The summed E-state index contributed by atoms with van der Waals surface area (Å²) >= 11 is 0. The first-order valence-electron chi connectivity index (χ1n) is 9.19. The van der Waals surface area contributed by atoms with E-state index in [1.807, 2.05) is 43.4 Å². The Morgan fingerprint density at radius 3 is 2.44 bits per heavy atom. The summed E-state index contributed by atoms with van der Waals surface area (Å²) in [6.07, 6.45) is 1.78. The summed E-state index contributed by atoms with van der Waals surface area (Å²) in [7, 11) is 2.04. The van der Waals surface area contributed by atoms with Crippen molar-refractivity contribution in [3.63, 3.8) is 0 Å². The SMILES string of the molecule is Cc1cccc2nc(-c3cc(-c4ccccc4)co3)c(N(C)C(C)C)nc12. The Labute approximate surface area is 159 Å². The van der Waals surface area contributed by atoms with E-state index >= 15 is 0 Å². The molecule has 2 aromatic heterocycles. The predicted molar refractivity (Wildman–Crippen MR) is 111 cm³/mol. The van der Waals surface area contributed by atoms with Gasteiger partial charge < -0.3 is 9.32 Å². The van der Waals surface area contributed by atoms with Gasteiger partial charge >= 0.3 is 0 Å². The largest absolute Gasteiger partial charge is 0.462 e. The maximum Gasteiger partial charge on any atom is 0.159 e. The van der Waals surface area contributed by atoms with E-state index in [0.29, 0.717) is 6.04 Å². The van der Waals surface area contributed by atoms with Gasteiger partial charge in [0.05, 0.1) is 17.3 Å². The number of furan rings is 1. The van der Waals surface area contributed by atoms with E-state index in [0.717, 1.165) is 45.0 Å². The molecule has 0 amide bonds. The van der Waals surface area contributed by atoms with Crippen LogP contribution in [0, 0.1) is 6.92 Å². The molecule has 2 heterocycles. The molecule has 4 aromatic rings. The van der Waals surface area contributed by atoms with Crippen molar-refractivity contribution >= 4 is 16.9 Å². The predicted octanol–water partition coefficient (Wildman–Crippen LogP) is 5.71. The number of benzene rings is 2. The third kappa shape index (κ3) is 3.19. The van der Waals surface area contributed by atoms with E-state index in [2.05, 4.69) is 43.9 Å². The van der Waals surface area contributed by atoms with Crippen LogP contribution >= 0.6 is 0 Å². The van der Waals surface area contributed by atoms with Crippen LogP contribution in [0.5, 0.6) is 0 Å². The Hall–Kier alpha value is -3.14. The second-order valence-corrected chi connectivity index (χ2v) is 7.11. The summed E-state index contributed by atoms with van der Waals surface area (Å²) < 4.78 is 5.93. The smallest absolute Gasteiger partial charge is 0.159 e.